The Morgan fingerprint density at radius 2 is 1.63 bits per heavy atom. The summed E-state index contributed by atoms with van der Waals surface area (Å²) in [6.07, 6.45) is 3.46. The van der Waals surface area contributed by atoms with E-state index in [9.17, 15) is 0 Å². The van der Waals surface area contributed by atoms with Gasteiger partial charge in [-0.25, -0.2) is 0 Å². The molecule has 3 heterocycles. The summed E-state index contributed by atoms with van der Waals surface area (Å²) in [7, 11) is 1.64. The van der Waals surface area contributed by atoms with E-state index in [0.717, 1.165) is 28.3 Å². The van der Waals surface area contributed by atoms with Crippen molar-refractivity contribution in [3.8, 4) is 40.0 Å². The van der Waals surface area contributed by atoms with Crippen molar-refractivity contribution in [3.63, 3.8) is 0 Å². The summed E-state index contributed by atoms with van der Waals surface area (Å²) in [6, 6.07) is 19.1. The molecule has 0 aliphatic carbocycles. The third kappa shape index (κ3) is 5.02. The second kappa shape index (κ2) is 10.4. The topological polar surface area (TPSA) is 101 Å². The van der Waals surface area contributed by atoms with Crippen LogP contribution in [0.3, 0.4) is 0 Å². The van der Waals surface area contributed by atoms with E-state index in [2.05, 4.69) is 25.3 Å². The molecular formula is C25H22N6O3S. The van der Waals surface area contributed by atoms with Gasteiger partial charge in [0.1, 0.15) is 11.5 Å². The predicted octanol–water partition coefficient (Wildman–Crippen LogP) is 5.08. The quantitative estimate of drug-likeness (QED) is 0.264. The lowest BCUT2D eigenvalue weighted by atomic mass is 10.2. The third-order valence-corrected chi connectivity index (χ3v) is 6.03. The maximum absolute atomic E-state index is 5.49. The van der Waals surface area contributed by atoms with Crippen LogP contribution < -0.4 is 9.47 Å². The van der Waals surface area contributed by atoms with Crippen LogP contribution in [0.15, 0.2) is 82.7 Å². The van der Waals surface area contributed by atoms with Gasteiger partial charge >= 0.3 is 0 Å². The molecule has 0 amide bonds. The van der Waals surface area contributed by atoms with E-state index in [-0.39, 0.29) is 0 Å². The van der Waals surface area contributed by atoms with Crippen molar-refractivity contribution < 1.29 is 14.0 Å². The van der Waals surface area contributed by atoms with E-state index < -0.39 is 0 Å². The number of benzene rings is 2. The molecule has 176 valence electrons. The average Bonchev–Trinajstić information content (AvgIpc) is 3.56. The fourth-order valence-corrected chi connectivity index (χ4v) is 4.23. The van der Waals surface area contributed by atoms with Crippen molar-refractivity contribution in [2.75, 3.05) is 13.7 Å². The Morgan fingerprint density at radius 3 is 2.34 bits per heavy atom. The standard InChI is InChI=1S/C25H22N6O3S/c1-3-33-21-8-4-17(5-9-21)23-27-22(34-30-23)16-35-25-29-28-24(18-12-14-26-15-13-18)31(25)19-6-10-20(32-2)11-7-19/h4-15H,3,16H2,1-2H3. The third-order valence-electron chi connectivity index (χ3n) is 5.12. The lowest BCUT2D eigenvalue weighted by molar-refractivity contribution is 0.340. The monoisotopic (exact) mass is 486 g/mol. The summed E-state index contributed by atoms with van der Waals surface area (Å²) in [6.45, 7) is 2.57. The Kier molecular flexibility index (Phi) is 6.71. The molecule has 9 nitrogen and oxygen atoms in total. The van der Waals surface area contributed by atoms with Crippen LogP contribution in [0.2, 0.25) is 0 Å². The first-order valence-corrected chi connectivity index (χ1v) is 11.9. The Labute approximate surface area is 206 Å². The predicted molar refractivity (Wildman–Crippen MR) is 132 cm³/mol. The molecule has 0 fully saturated rings. The smallest absolute Gasteiger partial charge is 0.237 e. The zero-order valence-corrected chi connectivity index (χ0v) is 20.0. The van der Waals surface area contributed by atoms with E-state index in [1.807, 2.05) is 72.2 Å². The summed E-state index contributed by atoms with van der Waals surface area (Å²) in [5.74, 6) is 3.74. The number of hydrogen-bond acceptors (Lipinski definition) is 9. The highest BCUT2D eigenvalue weighted by atomic mass is 32.2. The molecule has 0 N–H and O–H groups in total. The SMILES string of the molecule is CCOc1ccc(-c2noc(CSc3nnc(-c4ccncc4)n3-c3ccc(OC)cc3)n2)cc1. The van der Waals surface area contributed by atoms with Crippen LogP contribution >= 0.6 is 11.8 Å². The molecule has 0 atom stereocenters. The van der Waals surface area contributed by atoms with Gasteiger partial charge in [-0.05, 0) is 67.6 Å². The number of methoxy groups -OCH3 is 1. The van der Waals surface area contributed by atoms with E-state index in [4.69, 9.17) is 14.0 Å². The number of nitrogens with zero attached hydrogens (tertiary/aromatic N) is 6. The van der Waals surface area contributed by atoms with Crippen LogP contribution in [0.5, 0.6) is 11.5 Å². The summed E-state index contributed by atoms with van der Waals surface area (Å²) < 4.78 is 18.3. The Bertz CT molecular complexity index is 1390. The van der Waals surface area contributed by atoms with Crippen LogP contribution in [0, 0.1) is 0 Å². The van der Waals surface area contributed by atoms with Gasteiger partial charge in [-0.2, -0.15) is 4.98 Å². The molecule has 35 heavy (non-hydrogen) atoms. The molecule has 0 aliphatic rings. The lowest BCUT2D eigenvalue weighted by Gasteiger charge is -2.10. The van der Waals surface area contributed by atoms with Crippen LogP contribution in [0.4, 0.5) is 0 Å². The Balaban J connectivity index is 1.39. The molecule has 0 saturated carbocycles. The fourth-order valence-electron chi connectivity index (χ4n) is 3.44. The number of ether oxygens (including phenoxy) is 2. The zero-order chi connectivity index (χ0) is 24.0. The van der Waals surface area contributed by atoms with E-state index in [1.165, 1.54) is 11.8 Å². The van der Waals surface area contributed by atoms with E-state index in [1.54, 1.807) is 19.5 Å². The van der Waals surface area contributed by atoms with Crippen molar-refractivity contribution in [3.05, 3.63) is 78.9 Å². The van der Waals surface area contributed by atoms with Gasteiger partial charge in [0.15, 0.2) is 11.0 Å². The van der Waals surface area contributed by atoms with Gasteiger partial charge < -0.3 is 14.0 Å². The fraction of sp³-hybridized carbons (Fsp3) is 0.160. The van der Waals surface area contributed by atoms with Crippen LogP contribution in [0.1, 0.15) is 12.8 Å². The zero-order valence-electron chi connectivity index (χ0n) is 19.2. The van der Waals surface area contributed by atoms with Crippen molar-refractivity contribution in [1.29, 1.82) is 0 Å². The number of pyridine rings is 1. The lowest BCUT2D eigenvalue weighted by Crippen LogP contribution is -2.00. The largest absolute Gasteiger partial charge is 0.497 e. The molecule has 0 bridgehead atoms. The molecule has 0 aliphatic heterocycles. The second-order valence-corrected chi connectivity index (χ2v) is 8.28. The highest BCUT2D eigenvalue weighted by molar-refractivity contribution is 7.98. The summed E-state index contributed by atoms with van der Waals surface area (Å²) in [5, 5.41) is 13.7. The maximum Gasteiger partial charge on any atom is 0.237 e. The van der Waals surface area contributed by atoms with Gasteiger partial charge in [0.2, 0.25) is 11.7 Å². The molecular weight excluding hydrogens is 464 g/mol. The number of thioether (sulfide) groups is 1. The van der Waals surface area contributed by atoms with Crippen LogP contribution in [0.25, 0.3) is 28.5 Å². The Morgan fingerprint density at radius 1 is 0.886 bits per heavy atom. The van der Waals surface area contributed by atoms with Gasteiger partial charge in [-0.3, -0.25) is 9.55 Å². The van der Waals surface area contributed by atoms with Crippen molar-refractivity contribution in [1.82, 2.24) is 29.9 Å². The number of hydrogen-bond donors (Lipinski definition) is 0. The first kappa shape index (κ1) is 22.6. The molecule has 5 aromatic rings. The molecule has 5 rings (SSSR count). The van der Waals surface area contributed by atoms with Gasteiger partial charge in [0.25, 0.3) is 0 Å². The summed E-state index contributed by atoms with van der Waals surface area (Å²) >= 11 is 1.46. The van der Waals surface area contributed by atoms with E-state index >= 15 is 0 Å². The minimum atomic E-state index is 0.439. The molecule has 0 saturated heterocycles. The minimum absolute atomic E-state index is 0.439. The minimum Gasteiger partial charge on any atom is -0.497 e. The van der Waals surface area contributed by atoms with Crippen molar-refractivity contribution in [2.24, 2.45) is 0 Å². The van der Waals surface area contributed by atoms with Crippen molar-refractivity contribution in [2.45, 2.75) is 17.8 Å². The van der Waals surface area contributed by atoms with Gasteiger partial charge in [-0.1, -0.05) is 16.9 Å². The van der Waals surface area contributed by atoms with E-state index in [0.29, 0.717) is 35.1 Å². The molecule has 2 aromatic carbocycles. The summed E-state index contributed by atoms with van der Waals surface area (Å²) in [5.41, 5.74) is 2.67. The van der Waals surface area contributed by atoms with Crippen LogP contribution in [-0.4, -0.2) is 43.6 Å². The molecule has 3 aromatic heterocycles. The van der Waals surface area contributed by atoms with Gasteiger partial charge in [0, 0.05) is 29.2 Å². The average molecular weight is 487 g/mol. The highest BCUT2D eigenvalue weighted by Crippen LogP contribution is 2.30. The molecule has 0 unspecified atom stereocenters. The van der Waals surface area contributed by atoms with Crippen molar-refractivity contribution >= 4 is 11.8 Å². The number of aromatic nitrogens is 6. The molecule has 10 heteroatoms. The highest BCUT2D eigenvalue weighted by Gasteiger charge is 2.18. The van der Waals surface area contributed by atoms with Crippen LogP contribution in [-0.2, 0) is 5.75 Å². The molecule has 0 spiro atoms. The van der Waals surface area contributed by atoms with Gasteiger partial charge in [0.05, 0.1) is 19.5 Å². The molecule has 0 radical (unpaired) electrons. The Hall–Kier alpha value is -4.18. The summed E-state index contributed by atoms with van der Waals surface area (Å²) in [4.78, 5) is 8.65. The first-order chi connectivity index (χ1) is 17.2. The second-order valence-electron chi connectivity index (χ2n) is 7.33. The van der Waals surface area contributed by atoms with Gasteiger partial charge in [-0.15, -0.1) is 10.2 Å². The first-order valence-electron chi connectivity index (χ1n) is 10.9. The maximum atomic E-state index is 5.49. The number of rotatable bonds is 9. The normalized spacial score (nSPS) is 10.9.